The van der Waals surface area contributed by atoms with E-state index in [4.69, 9.17) is 10.2 Å². The third-order valence-corrected chi connectivity index (χ3v) is 3.18. The SMILES string of the molecule is CC(C)CC(C)N(C)c1nc2ccc(N)cc2o1. The summed E-state index contributed by atoms with van der Waals surface area (Å²) in [5, 5.41) is 0. The van der Waals surface area contributed by atoms with E-state index in [1.54, 1.807) is 0 Å². The topological polar surface area (TPSA) is 55.3 Å². The van der Waals surface area contributed by atoms with Crippen LogP contribution in [0.5, 0.6) is 0 Å². The molecule has 0 aliphatic heterocycles. The van der Waals surface area contributed by atoms with E-state index in [1.165, 1.54) is 0 Å². The van der Waals surface area contributed by atoms with Gasteiger partial charge in [0.05, 0.1) is 0 Å². The van der Waals surface area contributed by atoms with E-state index in [1.807, 2.05) is 25.2 Å². The van der Waals surface area contributed by atoms with Gasteiger partial charge >= 0.3 is 0 Å². The van der Waals surface area contributed by atoms with E-state index in [0.29, 0.717) is 23.7 Å². The van der Waals surface area contributed by atoms with Crippen molar-refractivity contribution in [3.05, 3.63) is 18.2 Å². The maximum absolute atomic E-state index is 5.75. The van der Waals surface area contributed by atoms with Gasteiger partial charge in [-0.3, -0.25) is 0 Å². The lowest BCUT2D eigenvalue weighted by Gasteiger charge is -2.24. The zero-order valence-electron chi connectivity index (χ0n) is 11.5. The Hall–Kier alpha value is -1.71. The lowest BCUT2D eigenvalue weighted by atomic mass is 10.0. The van der Waals surface area contributed by atoms with E-state index >= 15 is 0 Å². The minimum Gasteiger partial charge on any atom is -0.423 e. The highest BCUT2D eigenvalue weighted by molar-refractivity contribution is 5.78. The van der Waals surface area contributed by atoms with Crippen molar-refractivity contribution >= 4 is 22.8 Å². The molecule has 98 valence electrons. The second kappa shape index (κ2) is 4.88. The summed E-state index contributed by atoms with van der Waals surface area (Å²) in [7, 11) is 2.01. The highest BCUT2D eigenvalue weighted by atomic mass is 16.4. The number of benzene rings is 1. The van der Waals surface area contributed by atoms with E-state index in [-0.39, 0.29) is 0 Å². The monoisotopic (exact) mass is 247 g/mol. The molecule has 0 fully saturated rings. The smallest absolute Gasteiger partial charge is 0.298 e. The van der Waals surface area contributed by atoms with Crippen molar-refractivity contribution in [2.24, 2.45) is 5.92 Å². The van der Waals surface area contributed by atoms with Crippen molar-refractivity contribution in [3.63, 3.8) is 0 Å². The summed E-state index contributed by atoms with van der Waals surface area (Å²) in [6.07, 6.45) is 1.11. The molecule has 1 heterocycles. The van der Waals surface area contributed by atoms with Crippen LogP contribution < -0.4 is 10.6 Å². The molecule has 1 unspecified atom stereocenters. The quantitative estimate of drug-likeness (QED) is 0.842. The molecule has 1 aromatic carbocycles. The van der Waals surface area contributed by atoms with Crippen molar-refractivity contribution in [1.29, 1.82) is 0 Å². The number of aromatic nitrogens is 1. The Morgan fingerprint density at radius 3 is 2.72 bits per heavy atom. The van der Waals surface area contributed by atoms with Crippen LogP contribution in [-0.2, 0) is 0 Å². The van der Waals surface area contributed by atoms with Crippen molar-refractivity contribution in [2.75, 3.05) is 17.7 Å². The molecule has 1 atom stereocenters. The first-order chi connectivity index (χ1) is 8.47. The van der Waals surface area contributed by atoms with E-state index < -0.39 is 0 Å². The molecule has 0 saturated heterocycles. The van der Waals surface area contributed by atoms with Crippen LogP contribution in [0.4, 0.5) is 11.7 Å². The van der Waals surface area contributed by atoms with Crippen LogP contribution in [0.25, 0.3) is 11.1 Å². The highest BCUT2D eigenvalue weighted by Crippen LogP contribution is 2.25. The second-order valence-electron chi connectivity index (χ2n) is 5.31. The average Bonchev–Trinajstić information content (AvgIpc) is 2.69. The summed E-state index contributed by atoms with van der Waals surface area (Å²) in [5.41, 5.74) is 8.02. The van der Waals surface area contributed by atoms with Gasteiger partial charge in [0, 0.05) is 24.8 Å². The first kappa shape index (κ1) is 12.7. The molecule has 0 bridgehead atoms. The third-order valence-electron chi connectivity index (χ3n) is 3.18. The van der Waals surface area contributed by atoms with Crippen LogP contribution >= 0.6 is 0 Å². The van der Waals surface area contributed by atoms with Crippen molar-refractivity contribution in [1.82, 2.24) is 4.98 Å². The predicted octanol–water partition coefficient (Wildman–Crippen LogP) is 3.28. The van der Waals surface area contributed by atoms with Gasteiger partial charge in [0.2, 0.25) is 0 Å². The normalized spacial score (nSPS) is 13.2. The van der Waals surface area contributed by atoms with Crippen molar-refractivity contribution in [3.8, 4) is 0 Å². The summed E-state index contributed by atoms with van der Waals surface area (Å²) in [6.45, 7) is 6.62. The number of anilines is 2. The Bertz CT molecular complexity index is 533. The van der Waals surface area contributed by atoms with Gasteiger partial charge in [-0.25, -0.2) is 0 Å². The lowest BCUT2D eigenvalue weighted by molar-refractivity contribution is 0.474. The molecule has 4 heteroatoms. The van der Waals surface area contributed by atoms with Crippen molar-refractivity contribution < 1.29 is 4.42 Å². The van der Waals surface area contributed by atoms with Crippen LogP contribution in [-0.4, -0.2) is 18.1 Å². The van der Waals surface area contributed by atoms with Crippen molar-refractivity contribution in [2.45, 2.75) is 33.2 Å². The van der Waals surface area contributed by atoms with Gasteiger partial charge < -0.3 is 15.1 Å². The van der Waals surface area contributed by atoms with Crippen LogP contribution in [0.3, 0.4) is 0 Å². The number of nitrogens with two attached hydrogens (primary N) is 1. The molecule has 0 radical (unpaired) electrons. The molecule has 0 spiro atoms. The minimum absolute atomic E-state index is 0.399. The summed E-state index contributed by atoms with van der Waals surface area (Å²) in [6, 6.07) is 6.59. The van der Waals surface area contributed by atoms with E-state index in [0.717, 1.165) is 17.5 Å². The van der Waals surface area contributed by atoms with E-state index in [2.05, 4.69) is 30.7 Å². The number of nitrogens with zero attached hydrogens (tertiary/aromatic N) is 2. The summed E-state index contributed by atoms with van der Waals surface area (Å²) in [4.78, 5) is 6.57. The fourth-order valence-corrected chi connectivity index (χ4v) is 2.11. The average molecular weight is 247 g/mol. The second-order valence-corrected chi connectivity index (χ2v) is 5.31. The Labute approximate surface area is 108 Å². The lowest BCUT2D eigenvalue weighted by Crippen LogP contribution is -2.30. The largest absolute Gasteiger partial charge is 0.423 e. The van der Waals surface area contributed by atoms with Gasteiger partial charge in [0.25, 0.3) is 6.01 Å². The fourth-order valence-electron chi connectivity index (χ4n) is 2.11. The Morgan fingerprint density at radius 1 is 1.33 bits per heavy atom. The third kappa shape index (κ3) is 2.58. The summed E-state index contributed by atoms with van der Waals surface area (Å²) in [5.74, 6) is 0.655. The molecule has 1 aromatic heterocycles. The van der Waals surface area contributed by atoms with Gasteiger partial charge in [0.1, 0.15) is 5.52 Å². The molecule has 18 heavy (non-hydrogen) atoms. The van der Waals surface area contributed by atoms with Crippen LogP contribution in [0.2, 0.25) is 0 Å². The Kier molecular flexibility index (Phi) is 3.45. The van der Waals surface area contributed by atoms with E-state index in [9.17, 15) is 0 Å². The number of oxazole rings is 1. The molecule has 2 rings (SSSR count). The van der Waals surface area contributed by atoms with Gasteiger partial charge in [-0.05, 0) is 31.4 Å². The number of hydrogen-bond acceptors (Lipinski definition) is 4. The number of fused-ring (bicyclic) bond motifs is 1. The number of nitrogen functional groups attached to an aromatic ring is 1. The van der Waals surface area contributed by atoms with Gasteiger partial charge in [-0.1, -0.05) is 13.8 Å². The Morgan fingerprint density at radius 2 is 2.06 bits per heavy atom. The van der Waals surface area contributed by atoms with Gasteiger partial charge in [0.15, 0.2) is 5.58 Å². The predicted molar refractivity (Wildman–Crippen MR) is 75.7 cm³/mol. The molecule has 0 saturated carbocycles. The first-order valence-electron chi connectivity index (χ1n) is 6.36. The fraction of sp³-hybridized carbons (Fsp3) is 0.500. The molecule has 0 aliphatic rings. The Balaban J connectivity index is 2.25. The number of hydrogen-bond donors (Lipinski definition) is 1. The molecular weight excluding hydrogens is 226 g/mol. The summed E-state index contributed by atoms with van der Waals surface area (Å²) < 4.78 is 5.75. The number of rotatable bonds is 4. The molecule has 4 nitrogen and oxygen atoms in total. The molecular formula is C14H21N3O. The summed E-state index contributed by atoms with van der Waals surface area (Å²) >= 11 is 0. The maximum atomic E-state index is 5.75. The first-order valence-corrected chi connectivity index (χ1v) is 6.36. The molecule has 0 amide bonds. The van der Waals surface area contributed by atoms with Gasteiger partial charge in [-0.15, -0.1) is 0 Å². The molecule has 2 aromatic rings. The minimum atomic E-state index is 0.399. The standard InChI is InChI=1S/C14H21N3O/c1-9(2)7-10(3)17(4)14-16-12-6-5-11(15)8-13(12)18-14/h5-6,8-10H,7,15H2,1-4H3. The van der Waals surface area contributed by atoms with Crippen LogP contribution in [0.1, 0.15) is 27.2 Å². The van der Waals surface area contributed by atoms with Crippen LogP contribution in [0.15, 0.2) is 22.6 Å². The maximum Gasteiger partial charge on any atom is 0.298 e. The zero-order chi connectivity index (χ0) is 13.3. The highest BCUT2D eigenvalue weighted by Gasteiger charge is 2.17. The molecule has 2 N–H and O–H groups in total. The zero-order valence-corrected chi connectivity index (χ0v) is 11.5. The van der Waals surface area contributed by atoms with Crippen LogP contribution in [0, 0.1) is 5.92 Å². The van der Waals surface area contributed by atoms with Gasteiger partial charge in [-0.2, -0.15) is 4.98 Å². The molecule has 0 aliphatic carbocycles.